The standard InChI is InChI=1S/C20H19F2N3O4S/c21-19(22)29-17-8-4-5-9-18(17)30(27,28)24-20(26)25-16(14-6-2-1-3-7-14)12-15(23-25)13-10-11-13/h1-9,12-13,16,19,23H,10-11H2,(H,24,26). The van der Waals surface area contributed by atoms with E-state index >= 15 is 0 Å². The summed E-state index contributed by atoms with van der Waals surface area (Å²) in [6.07, 6.45) is 3.88. The Hall–Kier alpha value is -3.14. The number of halogens is 2. The number of ether oxygens (including phenoxy) is 1. The van der Waals surface area contributed by atoms with Crippen LogP contribution in [-0.4, -0.2) is 26.1 Å². The predicted molar refractivity (Wildman–Crippen MR) is 104 cm³/mol. The summed E-state index contributed by atoms with van der Waals surface area (Å²) in [7, 11) is -4.46. The molecule has 0 aromatic heterocycles. The van der Waals surface area contributed by atoms with Crippen LogP contribution in [0.4, 0.5) is 13.6 Å². The molecule has 0 radical (unpaired) electrons. The van der Waals surface area contributed by atoms with Crippen molar-refractivity contribution in [1.82, 2.24) is 15.2 Å². The number of amides is 2. The monoisotopic (exact) mass is 435 g/mol. The number of alkyl halides is 2. The van der Waals surface area contributed by atoms with Crippen molar-refractivity contribution in [3.63, 3.8) is 0 Å². The van der Waals surface area contributed by atoms with Crippen LogP contribution in [0.3, 0.4) is 0 Å². The van der Waals surface area contributed by atoms with Crippen molar-refractivity contribution in [3.05, 3.63) is 71.9 Å². The van der Waals surface area contributed by atoms with Crippen LogP contribution in [0, 0.1) is 5.92 Å². The summed E-state index contributed by atoms with van der Waals surface area (Å²) in [5.74, 6) is -0.232. The number of allylic oxidation sites excluding steroid dienone is 1. The molecule has 1 fully saturated rings. The summed E-state index contributed by atoms with van der Waals surface area (Å²) >= 11 is 0. The zero-order valence-corrected chi connectivity index (χ0v) is 16.5. The Morgan fingerprint density at radius 3 is 2.43 bits per heavy atom. The third-order valence-electron chi connectivity index (χ3n) is 4.82. The first-order valence-corrected chi connectivity index (χ1v) is 10.8. The molecule has 2 aromatic rings. The quantitative estimate of drug-likeness (QED) is 0.725. The maximum atomic E-state index is 12.9. The van der Waals surface area contributed by atoms with E-state index in [2.05, 4.69) is 10.2 Å². The molecule has 1 atom stereocenters. The molecule has 10 heteroatoms. The third-order valence-corrected chi connectivity index (χ3v) is 6.18. The largest absolute Gasteiger partial charge is 0.433 e. The average Bonchev–Trinajstić information content (AvgIpc) is 3.46. The SMILES string of the molecule is O=C(NS(=O)(=O)c1ccccc1OC(F)F)N1NC(C2CC2)=CC1c1ccccc1. The second kappa shape index (κ2) is 7.94. The lowest BCUT2D eigenvalue weighted by Gasteiger charge is -2.25. The van der Waals surface area contributed by atoms with Crippen molar-refractivity contribution in [2.24, 2.45) is 5.92 Å². The van der Waals surface area contributed by atoms with E-state index in [0.29, 0.717) is 5.92 Å². The fraction of sp³-hybridized carbons (Fsp3) is 0.250. The lowest BCUT2D eigenvalue weighted by molar-refractivity contribution is -0.0517. The molecule has 1 unspecified atom stereocenters. The number of urea groups is 1. The fourth-order valence-corrected chi connectivity index (χ4v) is 4.35. The van der Waals surface area contributed by atoms with E-state index in [1.54, 1.807) is 0 Å². The maximum absolute atomic E-state index is 12.9. The number of nitrogens with zero attached hydrogens (tertiary/aromatic N) is 1. The Balaban J connectivity index is 1.58. The summed E-state index contributed by atoms with van der Waals surface area (Å²) < 4.78 is 57.0. The van der Waals surface area contributed by atoms with Crippen molar-refractivity contribution in [3.8, 4) is 5.75 Å². The van der Waals surface area contributed by atoms with Gasteiger partial charge in [-0.1, -0.05) is 42.5 Å². The number of carbonyl (C=O) groups excluding carboxylic acids is 1. The van der Waals surface area contributed by atoms with Gasteiger partial charge in [0.1, 0.15) is 16.7 Å². The van der Waals surface area contributed by atoms with E-state index in [4.69, 9.17) is 0 Å². The van der Waals surface area contributed by atoms with Crippen LogP contribution in [0.25, 0.3) is 0 Å². The molecule has 2 aromatic carbocycles. The highest BCUT2D eigenvalue weighted by Crippen LogP contribution is 2.40. The number of carbonyl (C=O) groups is 1. The first-order valence-electron chi connectivity index (χ1n) is 9.28. The van der Waals surface area contributed by atoms with Crippen LogP contribution in [0.15, 0.2) is 71.3 Å². The summed E-state index contributed by atoms with van der Waals surface area (Å²) in [5, 5.41) is 1.19. The van der Waals surface area contributed by atoms with Gasteiger partial charge in [-0.2, -0.15) is 8.78 Å². The molecule has 4 rings (SSSR count). The second-order valence-corrected chi connectivity index (χ2v) is 8.62. The van der Waals surface area contributed by atoms with Crippen molar-refractivity contribution in [1.29, 1.82) is 0 Å². The smallest absolute Gasteiger partial charge is 0.387 e. The van der Waals surface area contributed by atoms with Crippen molar-refractivity contribution >= 4 is 16.1 Å². The number of benzene rings is 2. The minimum atomic E-state index is -4.46. The molecule has 1 aliphatic carbocycles. The summed E-state index contributed by atoms with van der Waals surface area (Å²) in [6, 6.07) is 12.6. The van der Waals surface area contributed by atoms with E-state index in [1.807, 2.05) is 41.1 Å². The zero-order chi connectivity index (χ0) is 21.3. The Morgan fingerprint density at radius 1 is 1.10 bits per heavy atom. The molecule has 2 amide bonds. The second-order valence-electron chi connectivity index (χ2n) is 6.97. The van der Waals surface area contributed by atoms with Crippen LogP contribution in [0.1, 0.15) is 24.4 Å². The predicted octanol–water partition coefficient (Wildman–Crippen LogP) is 3.54. The molecule has 7 nitrogen and oxygen atoms in total. The first kappa shape index (κ1) is 20.1. The van der Waals surface area contributed by atoms with Gasteiger partial charge < -0.3 is 4.74 Å². The van der Waals surface area contributed by atoms with Gasteiger partial charge in [0, 0.05) is 11.6 Å². The van der Waals surface area contributed by atoms with Crippen molar-refractivity contribution < 1.29 is 26.7 Å². The van der Waals surface area contributed by atoms with Crippen molar-refractivity contribution in [2.75, 3.05) is 0 Å². The van der Waals surface area contributed by atoms with Crippen LogP contribution >= 0.6 is 0 Å². The van der Waals surface area contributed by atoms with Gasteiger partial charge in [0.25, 0.3) is 10.0 Å². The Morgan fingerprint density at radius 2 is 1.77 bits per heavy atom. The molecular weight excluding hydrogens is 416 g/mol. The summed E-state index contributed by atoms with van der Waals surface area (Å²) in [4.78, 5) is 12.3. The number of rotatable bonds is 6. The lowest BCUT2D eigenvalue weighted by atomic mass is 10.1. The molecule has 30 heavy (non-hydrogen) atoms. The minimum Gasteiger partial charge on any atom is -0.433 e. The first-order chi connectivity index (χ1) is 14.3. The minimum absolute atomic E-state index is 0.311. The molecular formula is C20H19F2N3O4S. The molecule has 0 saturated heterocycles. The molecule has 0 spiro atoms. The van der Waals surface area contributed by atoms with E-state index in [-0.39, 0.29) is 0 Å². The van der Waals surface area contributed by atoms with E-state index < -0.39 is 39.4 Å². The van der Waals surface area contributed by atoms with Gasteiger partial charge >= 0.3 is 12.6 Å². The van der Waals surface area contributed by atoms with E-state index in [9.17, 15) is 22.0 Å². The van der Waals surface area contributed by atoms with E-state index in [1.165, 1.54) is 17.1 Å². The number of hydrazine groups is 1. The molecule has 0 bridgehead atoms. The molecule has 2 aliphatic rings. The summed E-state index contributed by atoms with van der Waals surface area (Å²) in [6.45, 7) is -3.20. The third kappa shape index (κ3) is 4.23. The van der Waals surface area contributed by atoms with Gasteiger partial charge in [-0.05, 0) is 36.6 Å². The highest BCUT2D eigenvalue weighted by molar-refractivity contribution is 7.90. The van der Waals surface area contributed by atoms with Gasteiger partial charge in [0.15, 0.2) is 0 Å². The van der Waals surface area contributed by atoms with Crippen LogP contribution in [-0.2, 0) is 10.0 Å². The number of sulfonamides is 1. The summed E-state index contributed by atoms with van der Waals surface area (Å²) in [5.41, 5.74) is 4.65. The normalized spacial score (nSPS) is 18.7. The number of para-hydroxylation sites is 1. The van der Waals surface area contributed by atoms with Gasteiger partial charge in [-0.15, -0.1) is 0 Å². The average molecular weight is 435 g/mol. The van der Waals surface area contributed by atoms with Crippen LogP contribution in [0.5, 0.6) is 5.75 Å². The maximum Gasteiger partial charge on any atom is 0.387 e. The van der Waals surface area contributed by atoms with Crippen LogP contribution < -0.4 is 14.9 Å². The molecule has 158 valence electrons. The highest BCUT2D eigenvalue weighted by Gasteiger charge is 2.38. The van der Waals surface area contributed by atoms with Gasteiger partial charge in [-0.25, -0.2) is 22.9 Å². The fourth-order valence-electron chi connectivity index (χ4n) is 3.27. The Kier molecular flexibility index (Phi) is 5.33. The van der Waals surface area contributed by atoms with Crippen molar-refractivity contribution in [2.45, 2.75) is 30.4 Å². The molecule has 1 aliphatic heterocycles. The van der Waals surface area contributed by atoms with Crippen LogP contribution in [0.2, 0.25) is 0 Å². The topological polar surface area (TPSA) is 87.7 Å². The Labute approximate surface area is 172 Å². The molecule has 1 heterocycles. The molecule has 1 saturated carbocycles. The Bertz CT molecular complexity index is 1070. The van der Waals surface area contributed by atoms with Gasteiger partial charge in [0.05, 0.1) is 0 Å². The van der Waals surface area contributed by atoms with E-state index in [0.717, 1.165) is 36.2 Å². The highest BCUT2D eigenvalue weighted by atomic mass is 32.2. The number of hydrogen-bond donors (Lipinski definition) is 2. The number of hydrogen-bond acceptors (Lipinski definition) is 5. The number of nitrogens with one attached hydrogen (secondary N) is 2. The zero-order valence-electron chi connectivity index (χ0n) is 15.7. The van der Waals surface area contributed by atoms with Gasteiger partial charge in [-0.3, -0.25) is 5.43 Å². The molecule has 2 N–H and O–H groups in total. The van der Waals surface area contributed by atoms with Gasteiger partial charge in [0.2, 0.25) is 0 Å². The lowest BCUT2D eigenvalue weighted by Crippen LogP contribution is -2.48.